The molecule has 1 aromatic rings. The fourth-order valence-corrected chi connectivity index (χ4v) is 0.468. The summed E-state index contributed by atoms with van der Waals surface area (Å²) >= 11 is 0. The van der Waals surface area contributed by atoms with E-state index in [-0.39, 0.29) is 11.4 Å². The van der Waals surface area contributed by atoms with E-state index in [1.807, 2.05) is 0 Å². The van der Waals surface area contributed by atoms with E-state index in [4.69, 9.17) is 5.11 Å². The lowest BCUT2D eigenvalue weighted by molar-refractivity contribution is 0.111. The summed E-state index contributed by atoms with van der Waals surface area (Å²) in [5, 5.41) is 8.69. The van der Waals surface area contributed by atoms with Gasteiger partial charge in [0.2, 0.25) is 0 Å². The van der Waals surface area contributed by atoms with Crippen molar-refractivity contribution in [3.63, 3.8) is 0 Å². The average molecular weight is 111 g/mol. The first-order valence-electron chi connectivity index (χ1n) is 2.16. The van der Waals surface area contributed by atoms with Crippen molar-refractivity contribution < 1.29 is 9.90 Å². The lowest BCUT2D eigenvalue weighted by Gasteiger charge is -1.80. The molecule has 2 N–H and O–H groups in total. The summed E-state index contributed by atoms with van der Waals surface area (Å²) in [5.74, 6) is 0.000000000000000222. The van der Waals surface area contributed by atoms with Crippen LogP contribution in [0.1, 0.15) is 10.5 Å². The molecule has 1 heterocycles. The van der Waals surface area contributed by atoms with E-state index in [2.05, 4.69) is 4.98 Å². The molecular formula is C5H5NO2. The van der Waals surface area contributed by atoms with Crippen LogP contribution in [0, 0.1) is 0 Å². The fourth-order valence-electron chi connectivity index (χ4n) is 0.468. The average Bonchev–Trinajstić information content (AvgIpc) is 2.14. The topological polar surface area (TPSA) is 53.1 Å². The second kappa shape index (κ2) is 1.69. The summed E-state index contributed by atoms with van der Waals surface area (Å²) in [4.78, 5) is 12.4. The van der Waals surface area contributed by atoms with Crippen molar-refractivity contribution in [1.29, 1.82) is 0 Å². The molecule has 0 bridgehead atoms. The van der Waals surface area contributed by atoms with Crippen LogP contribution in [0.5, 0.6) is 5.75 Å². The summed E-state index contributed by atoms with van der Waals surface area (Å²) in [7, 11) is 0. The molecule has 0 aliphatic heterocycles. The Balaban J connectivity index is 3.09. The number of hydrogen-bond acceptors (Lipinski definition) is 2. The van der Waals surface area contributed by atoms with E-state index in [1.165, 1.54) is 12.3 Å². The normalized spacial score (nSPS) is 9.00. The van der Waals surface area contributed by atoms with Gasteiger partial charge in [-0.2, -0.15) is 0 Å². The van der Waals surface area contributed by atoms with E-state index in [0.29, 0.717) is 6.29 Å². The second-order valence-electron chi connectivity index (χ2n) is 1.39. The molecule has 0 amide bonds. The molecule has 0 radical (unpaired) electrons. The van der Waals surface area contributed by atoms with Crippen molar-refractivity contribution >= 4 is 6.29 Å². The van der Waals surface area contributed by atoms with E-state index < -0.39 is 0 Å². The standard InChI is InChI=1S/C5H5NO2/c7-3-4-5(8)1-2-6-4/h1-3,6,8H. The Morgan fingerprint density at radius 3 is 2.75 bits per heavy atom. The molecule has 0 saturated carbocycles. The summed E-state index contributed by atoms with van der Waals surface area (Å²) in [6.07, 6.45) is 2.06. The highest BCUT2D eigenvalue weighted by molar-refractivity contribution is 5.76. The van der Waals surface area contributed by atoms with Crippen molar-refractivity contribution in [3.8, 4) is 5.75 Å². The Bertz CT molecular complexity index is 192. The van der Waals surface area contributed by atoms with E-state index in [1.54, 1.807) is 0 Å². The van der Waals surface area contributed by atoms with Crippen LogP contribution in [0.15, 0.2) is 12.3 Å². The molecule has 0 saturated heterocycles. The molecule has 1 aromatic heterocycles. The minimum absolute atomic E-state index is 0.000000000000000222. The van der Waals surface area contributed by atoms with Gasteiger partial charge in [-0.25, -0.2) is 0 Å². The summed E-state index contributed by atoms with van der Waals surface area (Å²) < 4.78 is 0. The Kier molecular flexibility index (Phi) is 1.04. The molecule has 3 heteroatoms. The fraction of sp³-hybridized carbons (Fsp3) is 0. The van der Waals surface area contributed by atoms with Crippen molar-refractivity contribution in [2.24, 2.45) is 0 Å². The largest absolute Gasteiger partial charge is 0.506 e. The Morgan fingerprint density at radius 1 is 1.75 bits per heavy atom. The maximum atomic E-state index is 9.90. The number of aldehydes is 1. The zero-order chi connectivity index (χ0) is 5.98. The summed E-state index contributed by atoms with van der Waals surface area (Å²) in [6, 6.07) is 1.42. The van der Waals surface area contributed by atoms with Crippen molar-refractivity contribution in [1.82, 2.24) is 4.98 Å². The number of aromatic nitrogens is 1. The van der Waals surface area contributed by atoms with Gasteiger partial charge in [-0.1, -0.05) is 0 Å². The molecule has 0 aliphatic carbocycles. The van der Waals surface area contributed by atoms with Gasteiger partial charge in [0.05, 0.1) is 0 Å². The van der Waals surface area contributed by atoms with Crippen molar-refractivity contribution in [2.45, 2.75) is 0 Å². The number of nitrogens with one attached hydrogen (secondary N) is 1. The van der Waals surface area contributed by atoms with Crippen LogP contribution in [0.4, 0.5) is 0 Å². The quantitative estimate of drug-likeness (QED) is 0.519. The molecule has 0 aromatic carbocycles. The first-order valence-corrected chi connectivity index (χ1v) is 2.16. The predicted octanol–water partition coefficient (Wildman–Crippen LogP) is 0.533. The van der Waals surface area contributed by atoms with E-state index >= 15 is 0 Å². The van der Waals surface area contributed by atoms with Crippen LogP contribution in [-0.2, 0) is 0 Å². The van der Waals surface area contributed by atoms with Gasteiger partial charge in [-0.3, -0.25) is 4.79 Å². The second-order valence-corrected chi connectivity index (χ2v) is 1.39. The first kappa shape index (κ1) is 4.90. The number of H-pyrrole nitrogens is 1. The number of aromatic hydroxyl groups is 1. The third-order valence-electron chi connectivity index (χ3n) is 0.874. The van der Waals surface area contributed by atoms with Crippen LogP contribution in [0.2, 0.25) is 0 Å². The molecule has 0 aliphatic rings. The molecular weight excluding hydrogens is 106 g/mol. The first-order chi connectivity index (χ1) is 3.84. The van der Waals surface area contributed by atoms with Gasteiger partial charge >= 0.3 is 0 Å². The summed E-state index contributed by atoms with van der Waals surface area (Å²) in [5.41, 5.74) is 0.227. The minimum Gasteiger partial charge on any atom is -0.506 e. The molecule has 0 fully saturated rings. The zero-order valence-corrected chi connectivity index (χ0v) is 4.09. The van der Waals surface area contributed by atoms with Gasteiger partial charge in [0.15, 0.2) is 6.29 Å². The third-order valence-corrected chi connectivity index (χ3v) is 0.874. The monoisotopic (exact) mass is 111 g/mol. The van der Waals surface area contributed by atoms with Crippen LogP contribution in [-0.4, -0.2) is 16.4 Å². The number of hydrogen-bond donors (Lipinski definition) is 2. The van der Waals surface area contributed by atoms with Crippen LogP contribution < -0.4 is 0 Å². The molecule has 0 unspecified atom stereocenters. The Morgan fingerprint density at radius 2 is 2.50 bits per heavy atom. The van der Waals surface area contributed by atoms with Gasteiger partial charge in [0.1, 0.15) is 11.4 Å². The molecule has 3 nitrogen and oxygen atoms in total. The highest BCUT2D eigenvalue weighted by Gasteiger charge is 1.95. The molecule has 0 atom stereocenters. The van der Waals surface area contributed by atoms with Crippen LogP contribution in [0.3, 0.4) is 0 Å². The molecule has 0 spiro atoms. The van der Waals surface area contributed by atoms with Gasteiger partial charge in [-0.15, -0.1) is 0 Å². The maximum Gasteiger partial charge on any atom is 0.170 e. The van der Waals surface area contributed by atoms with Crippen molar-refractivity contribution in [2.75, 3.05) is 0 Å². The van der Waals surface area contributed by atoms with E-state index in [9.17, 15) is 4.79 Å². The lowest BCUT2D eigenvalue weighted by atomic mass is 10.4. The van der Waals surface area contributed by atoms with Gasteiger partial charge in [0, 0.05) is 6.20 Å². The van der Waals surface area contributed by atoms with Crippen LogP contribution in [0.25, 0.3) is 0 Å². The smallest absolute Gasteiger partial charge is 0.170 e. The van der Waals surface area contributed by atoms with Crippen LogP contribution >= 0.6 is 0 Å². The molecule has 1 rings (SSSR count). The Hall–Kier alpha value is -1.25. The number of carbonyl (C=O) groups is 1. The highest BCUT2D eigenvalue weighted by Crippen LogP contribution is 2.09. The minimum atomic E-state index is 0.000000000000000222. The van der Waals surface area contributed by atoms with Gasteiger partial charge < -0.3 is 10.1 Å². The van der Waals surface area contributed by atoms with Gasteiger partial charge in [0.25, 0.3) is 0 Å². The zero-order valence-electron chi connectivity index (χ0n) is 4.09. The molecule has 42 valence electrons. The summed E-state index contributed by atoms with van der Waals surface area (Å²) in [6.45, 7) is 0. The molecule has 8 heavy (non-hydrogen) atoms. The lowest BCUT2D eigenvalue weighted by Crippen LogP contribution is -1.75. The maximum absolute atomic E-state index is 9.90. The van der Waals surface area contributed by atoms with Gasteiger partial charge in [-0.05, 0) is 6.07 Å². The van der Waals surface area contributed by atoms with E-state index in [0.717, 1.165) is 0 Å². The predicted molar refractivity (Wildman–Crippen MR) is 27.8 cm³/mol. The highest BCUT2D eigenvalue weighted by atomic mass is 16.3. The number of aromatic amines is 1. The third kappa shape index (κ3) is 0.578. The number of carbonyl (C=O) groups excluding carboxylic acids is 1. The SMILES string of the molecule is O=Cc1[nH]ccc1O. The number of rotatable bonds is 1. The Labute approximate surface area is 46.0 Å². The van der Waals surface area contributed by atoms with Crippen molar-refractivity contribution in [3.05, 3.63) is 18.0 Å².